The fourth-order valence-electron chi connectivity index (χ4n) is 2.55. The normalized spacial score (nSPS) is 14.2. The van der Waals surface area contributed by atoms with Gasteiger partial charge in [-0.2, -0.15) is 0 Å². The summed E-state index contributed by atoms with van der Waals surface area (Å²) in [6.07, 6.45) is 3.40. The first-order valence-electron chi connectivity index (χ1n) is 6.41. The third kappa shape index (κ3) is 1.96. The zero-order chi connectivity index (χ0) is 14.2. The van der Waals surface area contributed by atoms with Crippen molar-refractivity contribution in [2.24, 2.45) is 0 Å². The van der Waals surface area contributed by atoms with Crippen molar-refractivity contribution in [1.82, 2.24) is 4.98 Å². The van der Waals surface area contributed by atoms with E-state index in [1.165, 1.54) is 6.07 Å². The highest BCUT2D eigenvalue weighted by molar-refractivity contribution is 5.86. The summed E-state index contributed by atoms with van der Waals surface area (Å²) in [5.41, 5.74) is -0.460. The second-order valence-electron chi connectivity index (χ2n) is 4.95. The van der Waals surface area contributed by atoms with Crippen LogP contribution in [0.2, 0.25) is 0 Å². The maximum absolute atomic E-state index is 14.0. The van der Waals surface area contributed by atoms with Crippen LogP contribution in [0.1, 0.15) is 18.1 Å². The van der Waals surface area contributed by atoms with E-state index in [0.717, 1.165) is 10.8 Å². The van der Waals surface area contributed by atoms with Crippen LogP contribution in [-0.2, 0) is 5.60 Å². The van der Waals surface area contributed by atoms with Gasteiger partial charge in [-0.15, -0.1) is 0 Å². The first-order valence-corrected chi connectivity index (χ1v) is 6.41. The van der Waals surface area contributed by atoms with Crippen LogP contribution < -0.4 is 0 Å². The second kappa shape index (κ2) is 4.69. The van der Waals surface area contributed by atoms with Gasteiger partial charge in [0.25, 0.3) is 0 Å². The summed E-state index contributed by atoms with van der Waals surface area (Å²) in [5, 5.41) is 12.7. The Morgan fingerprint density at radius 2 is 1.75 bits per heavy atom. The van der Waals surface area contributed by atoms with E-state index in [0.29, 0.717) is 5.56 Å². The van der Waals surface area contributed by atoms with Gasteiger partial charge in [0.05, 0.1) is 0 Å². The third-order valence-electron chi connectivity index (χ3n) is 3.60. The van der Waals surface area contributed by atoms with Crippen LogP contribution in [0.3, 0.4) is 0 Å². The molecule has 1 atom stereocenters. The number of hydrogen-bond acceptors (Lipinski definition) is 2. The van der Waals surface area contributed by atoms with Crippen molar-refractivity contribution in [3.05, 3.63) is 77.9 Å². The number of aromatic nitrogens is 1. The highest BCUT2D eigenvalue weighted by Gasteiger charge is 2.29. The Morgan fingerprint density at radius 3 is 2.55 bits per heavy atom. The molecule has 0 spiro atoms. The molecule has 3 rings (SSSR count). The first-order chi connectivity index (χ1) is 9.60. The lowest BCUT2D eigenvalue weighted by Crippen LogP contribution is -2.24. The largest absolute Gasteiger partial charge is 0.381 e. The zero-order valence-electron chi connectivity index (χ0n) is 11.0. The van der Waals surface area contributed by atoms with Crippen molar-refractivity contribution in [1.29, 1.82) is 0 Å². The Bertz CT molecular complexity index is 762. The van der Waals surface area contributed by atoms with Crippen LogP contribution in [0, 0.1) is 5.82 Å². The minimum atomic E-state index is -1.40. The summed E-state index contributed by atoms with van der Waals surface area (Å²) in [4.78, 5) is 4.07. The number of nitrogens with zero attached hydrogens (tertiary/aromatic N) is 1. The molecule has 1 aromatic heterocycles. The SMILES string of the molecule is CC(O)(c1ccccc1F)c1cccc2cnccc12. The molecule has 1 N–H and O–H groups in total. The molecule has 0 amide bonds. The van der Waals surface area contributed by atoms with Crippen molar-refractivity contribution >= 4 is 10.8 Å². The molecule has 3 aromatic rings. The van der Waals surface area contributed by atoms with Gasteiger partial charge in [-0.3, -0.25) is 4.98 Å². The van der Waals surface area contributed by atoms with Crippen molar-refractivity contribution < 1.29 is 9.50 Å². The maximum Gasteiger partial charge on any atom is 0.129 e. The summed E-state index contributed by atoms with van der Waals surface area (Å²) in [5.74, 6) is -0.413. The minimum absolute atomic E-state index is 0.268. The number of hydrogen-bond donors (Lipinski definition) is 1. The van der Waals surface area contributed by atoms with Crippen LogP contribution in [0.25, 0.3) is 10.8 Å². The lowest BCUT2D eigenvalue weighted by Gasteiger charge is -2.26. The number of fused-ring (bicyclic) bond motifs is 1. The molecule has 0 aliphatic rings. The lowest BCUT2D eigenvalue weighted by molar-refractivity contribution is 0.0995. The van der Waals surface area contributed by atoms with Crippen LogP contribution in [-0.4, -0.2) is 10.1 Å². The van der Waals surface area contributed by atoms with Crippen LogP contribution in [0.15, 0.2) is 60.9 Å². The molecule has 100 valence electrons. The van der Waals surface area contributed by atoms with Gasteiger partial charge in [0.15, 0.2) is 0 Å². The molecule has 2 nitrogen and oxygen atoms in total. The number of halogens is 1. The van der Waals surface area contributed by atoms with Gasteiger partial charge in [-0.25, -0.2) is 4.39 Å². The standard InChI is InChI=1S/C17H14FNO/c1-17(20,15-6-2-3-8-16(15)18)14-7-4-5-12-11-19-10-9-13(12)14/h2-11,20H,1H3. The average Bonchev–Trinajstić information content (AvgIpc) is 2.47. The molecule has 0 aliphatic heterocycles. The molecular formula is C17H14FNO. The quantitative estimate of drug-likeness (QED) is 0.769. The summed E-state index contributed by atoms with van der Waals surface area (Å²) in [6, 6.07) is 13.7. The fourth-order valence-corrected chi connectivity index (χ4v) is 2.55. The van der Waals surface area contributed by atoms with E-state index < -0.39 is 11.4 Å². The van der Waals surface area contributed by atoms with Gasteiger partial charge < -0.3 is 5.11 Å². The predicted octanol–water partition coefficient (Wildman–Crippen LogP) is 3.63. The van der Waals surface area contributed by atoms with E-state index in [1.807, 2.05) is 24.3 Å². The molecule has 0 radical (unpaired) electrons. The van der Waals surface area contributed by atoms with Crippen LogP contribution >= 0.6 is 0 Å². The molecule has 1 unspecified atom stereocenters. The van der Waals surface area contributed by atoms with E-state index in [-0.39, 0.29) is 5.56 Å². The number of benzene rings is 2. The summed E-state index contributed by atoms with van der Waals surface area (Å²) in [6.45, 7) is 1.61. The van der Waals surface area contributed by atoms with E-state index >= 15 is 0 Å². The number of aliphatic hydroxyl groups is 1. The summed E-state index contributed by atoms with van der Waals surface area (Å²) in [7, 11) is 0. The Hall–Kier alpha value is -2.26. The van der Waals surface area contributed by atoms with Crippen LogP contribution in [0.5, 0.6) is 0 Å². The van der Waals surface area contributed by atoms with Gasteiger partial charge in [0.1, 0.15) is 11.4 Å². The minimum Gasteiger partial charge on any atom is -0.381 e. The van der Waals surface area contributed by atoms with E-state index in [9.17, 15) is 9.50 Å². The first kappa shape index (κ1) is 12.8. The monoisotopic (exact) mass is 267 g/mol. The smallest absolute Gasteiger partial charge is 0.129 e. The molecule has 0 bridgehead atoms. The van der Waals surface area contributed by atoms with E-state index in [1.54, 1.807) is 37.5 Å². The van der Waals surface area contributed by atoms with E-state index in [4.69, 9.17) is 0 Å². The lowest BCUT2D eigenvalue weighted by atomic mass is 9.85. The van der Waals surface area contributed by atoms with Crippen molar-refractivity contribution in [3.8, 4) is 0 Å². The predicted molar refractivity (Wildman–Crippen MR) is 76.8 cm³/mol. The third-order valence-corrected chi connectivity index (χ3v) is 3.60. The highest BCUT2D eigenvalue weighted by Crippen LogP contribution is 2.34. The van der Waals surface area contributed by atoms with Gasteiger partial charge in [-0.05, 0) is 30.0 Å². The fraction of sp³-hybridized carbons (Fsp3) is 0.118. The topological polar surface area (TPSA) is 33.1 Å². The molecule has 3 heteroatoms. The molecule has 0 fully saturated rings. The molecule has 0 aliphatic carbocycles. The highest BCUT2D eigenvalue weighted by atomic mass is 19.1. The zero-order valence-corrected chi connectivity index (χ0v) is 11.0. The molecule has 20 heavy (non-hydrogen) atoms. The number of pyridine rings is 1. The molecule has 0 saturated carbocycles. The van der Waals surface area contributed by atoms with E-state index in [2.05, 4.69) is 4.98 Å². The van der Waals surface area contributed by atoms with Crippen LogP contribution in [0.4, 0.5) is 4.39 Å². The van der Waals surface area contributed by atoms with Crippen molar-refractivity contribution in [3.63, 3.8) is 0 Å². The Kier molecular flexibility index (Phi) is 2.99. The number of rotatable bonds is 2. The van der Waals surface area contributed by atoms with Gasteiger partial charge >= 0.3 is 0 Å². The Balaban J connectivity index is 2.27. The Morgan fingerprint density at radius 1 is 1.00 bits per heavy atom. The van der Waals surface area contributed by atoms with Crippen molar-refractivity contribution in [2.45, 2.75) is 12.5 Å². The maximum atomic E-state index is 14.0. The van der Waals surface area contributed by atoms with Gasteiger partial charge in [0, 0.05) is 23.3 Å². The van der Waals surface area contributed by atoms with Crippen molar-refractivity contribution in [2.75, 3.05) is 0 Å². The second-order valence-corrected chi connectivity index (χ2v) is 4.95. The molecule has 1 heterocycles. The molecular weight excluding hydrogens is 253 g/mol. The molecule has 2 aromatic carbocycles. The summed E-state index contributed by atoms with van der Waals surface area (Å²) < 4.78 is 14.0. The van der Waals surface area contributed by atoms with Gasteiger partial charge in [0.2, 0.25) is 0 Å². The molecule has 0 saturated heterocycles. The average molecular weight is 267 g/mol. The Labute approximate surface area is 116 Å². The van der Waals surface area contributed by atoms with Gasteiger partial charge in [-0.1, -0.05) is 36.4 Å². The summed E-state index contributed by atoms with van der Waals surface area (Å²) >= 11 is 0.